The summed E-state index contributed by atoms with van der Waals surface area (Å²) in [6.45, 7) is 4.50. The number of carbonyl (C=O) groups is 2. The zero-order valence-corrected chi connectivity index (χ0v) is 17.9. The summed E-state index contributed by atoms with van der Waals surface area (Å²) >= 11 is 5.89. The number of hydrogen-bond acceptors (Lipinski definition) is 4. The van der Waals surface area contributed by atoms with Crippen molar-refractivity contribution in [3.63, 3.8) is 0 Å². The minimum Gasteiger partial charge on any atom is -0.490 e. The number of ether oxygens (including phenoxy) is 2. The van der Waals surface area contributed by atoms with E-state index in [2.05, 4.69) is 0 Å². The SMILES string of the molecule is CCOc1ccccc1OCC(=O)N1CCN(C(=O)CCc2ccc(Cl)cc2)CC1. The summed E-state index contributed by atoms with van der Waals surface area (Å²) in [7, 11) is 0. The zero-order chi connectivity index (χ0) is 21.3. The normalized spacial score (nSPS) is 13.8. The second-order valence-electron chi connectivity index (χ2n) is 7.06. The van der Waals surface area contributed by atoms with Crippen LogP contribution in [0.1, 0.15) is 18.9 Å². The van der Waals surface area contributed by atoms with Crippen molar-refractivity contribution in [1.82, 2.24) is 9.80 Å². The van der Waals surface area contributed by atoms with Gasteiger partial charge in [-0.1, -0.05) is 35.9 Å². The summed E-state index contributed by atoms with van der Waals surface area (Å²) < 4.78 is 11.2. The molecule has 0 N–H and O–H groups in total. The largest absolute Gasteiger partial charge is 0.490 e. The molecule has 0 atom stereocenters. The van der Waals surface area contributed by atoms with E-state index in [9.17, 15) is 9.59 Å². The highest BCUT2D eigenvalue weighted by molar-refractivity contribution is 6.30. The van der Waals surface area contributed by atoms with Crippen molar-refractivity contribution in [2.45, 2.75) is 19.8 Å². The molecule has 1 fully saturated rings. The smallest absolute Gasteiger partial charge is 0.260 e. The molecular formula is C23H27ClN2O4. The molecule has 0 saturated carbocycles. The highest BCUT2D eigenvalue weighted by atomic mass is 35.5. The van der Waals surface area contributed by atoms with E-state index in [0.717, 1.165) is 5.56 Å². The second kappa shape index (κ2) is 10.9. The van der Waals surface area contributed by atoms with Crippen molar-refractivity contribution in [2.24, 2.45) is 0 Å². The maximum Gasteiger partial charge on any atom is 0.260 e. The summed E-state index contributed by atoms with van der Waals surface area (Å²) in [6, 6.07) is 14.9. The summed E-state index contributed by atoms with van der Waals surface area (Å²) in [4.78, 5) is 28.6. The number of hydrogen-bond donors (Lipinski definition) is 0. The molecule has 3 rings (SSSR count). The molecule has 30 heavy (non-hydrogen) atoms. The predicted molar refractivity (Wildman–Crippen MR) is 116 cm³/mol. The summed E-state index contributed by atoms with van der Waals surface area (Å²) in [5.41, 5.74) is 1.09. The van der Waals surface area contributed by atoms with Crippen molar-refractivity contribution in [1.29, 1.82) is 0 Å². The predicted octanol–water partition coefficient (Wildman–Crippen LogP) is 3.42. The maximum atomic E-state index is 12.5. The molecule has 1 aliphatic rings. The highest BCUT2D eigenvalue weighted by Gasteiger charge is 2.24. The molecule has 160 valence electrons. The number of rotatable bonds is 8. The van der Waals surface area contributed by atoms with E-state index in [1.165, 1.54) is 0 Å². The Balaban J connectivity index is 1.41. The van der Waals surface area contributed by atoms with E-state index in [0.29, 0.717) is 62.1 Å². The molecule has 1 heterocycles. The Bertz CT molecular complexity index is 849. The van der Waals surface area contributed by atoms with Crippen molar-refractivity contribution < 1.29 is 19.1 Å². The molecule has 1 aliphatic heterocycles. The van der Waals surface area contributed by atoms with Crippen LogP contribution < -0.4 is 9.47 Å². The average Bonchev–Trinajstić information content (AvgIpc) is 2.78. The van der Waals surface area contributed by atoms with Crippen LogP contribution in [0, 0.1) is 0 Å². The van der Waals surface area contributed by atoms with Crippen LogP contribution in [-0.2, 0) is 16.0 Å². The van der Waals surface area contributed by atoms with Gasteiger partial charge in [0.05, 0.1) is 6.61 Å². The van der Waals surface area contributed by atoms with E-state index in [1.807, 2.05) is 54.3 Å². The second-order valence-corrected chi connectivity index (χ2v) is 7.49. The van der Waals surface area contributed by atoms with Crippen LogP contribution in [-0.4, -0.2) is 61.0 Å². The van der Waals surface area contributed by atoms with Gasteiger partial charge in [0.2, 0.25) is 5.91 Å². The Hall–Kier alpha value is -2.73. The van der Waals surface area contributed by atoms with Gasteiger partial charge in [0, 0.05) is 37.6 Å². The number of carbonyl (C=O) groups excluding carboxylic acids is 2. The fraction of sp³-hybridized carbons (Fsp3) is 0.391. The number of halogens is 1. The maximum absolute atomic E-state index is 12.5. The fourth-order valence-corrected chi connectivity index (χ4v) is 3.47. The molecule has 2 aromatic rings. The first-order chi connectivity index (χ1) is 14.6. The molecule has 0 spiro atoms. The van der Waals surface area contributed by atoms with E-state index in [-0.39, 0.29) is 18.4 Å². The van der Waals surface area contributed by atoms with Gasteiger partial charge in [-0.3, -0.25) is 9.59 Å². The van der Waals surface area contributed by atoms with Gasteiger partial charge >= 0.3 is 0 Å². The van der Waals surface area contributed by atoms with Crippen LogP contribution in [0.3, 0.4) is 0 Å². The quantitative estimate of drug-likeness (QED) is 0.643. The molecule has 2 amide bonds. The van der Waals surface area contributed by atoms with Gasteiger partial charge in [-0.05, 0) is 43.2 Å². The molecule has 1 saturated heterocycles. The number of para-hydroxylation sites is 2. The van der Waals surface area contributed by atoms with Gasteiger partial charge in [-0.15, -0.1) is 0 Å². The van der Waals surface area contributed by atoms with Gasteiger partial charge in [0.25, 0.3) is 5.91 Å². The molecule has 7 heteroatoms. The number of amides is 2. The number of nitrogens with zero attached hydrogens (tertiary/aromatic N) is 2. The van der Waals surface area contributed by atoms with Crippen LogP contribution in [0.5, 0.6) is 11.5 Å². The van der Waals surface area contributed by atoms with Gasteiger partial charge in [0.15, 0.2) is 18.1 Å². The lowest BCUT2D eigenvalue weighted by molar-refractivity contribution is -0.140. The molecular weight excluding hydrogens is 404 g/mol. The lowest BCUT2D eigenvalue weighted by atomic mass is 10.1. The van der Waals surface area contributed by atoms with Crippen LogP contribution >= 0.6 is 11.6 Å². The lowest BCUT2D eigenvalue weighted by Crippen LogP contribution is -2.51. The third-order valence-corrected chi connectivity index (χ3v) is 5.28. The molecule has 2 aromatic carbocycles. The number of piperazine rings is 1. The minimum absolute atomic E-state index is 0.0470. The highest BCUT2D eigenvalue weighted by Crippen LogP contribution is 2.26. The Labute approximate surface area is 182 Å². The van der Waals surface area contributed by atoms with Gasteiger partial charge in [0.1, 0.15) is 0 Å². The molecule has 0 aromatic heterocycles. The van der Waals surface area contributed by atoms with Crippen molar-refractivity contribution >= 4 is 23.4 Å². The topological polar surface area (TPSA) is 59.1 Å². The van der Waals surface area contributed by atoms with E-state index >= 15 is 0 Å². The molecule has 6 nitrogen and oxygen atoms in total. The van der Waals surface area contributed by atoms with E-state index < -0.39 is 0 Å². The van der Waals surface area contributed by atoms with Crippen LogP contribution in [0.4, 0.5) is 0 Å². The van der Waals surface area contributed by atoms with Gasteiger partial charge in [-0.2, -0.15) is 0 Å². The molecule has 0 bridgehead atoms. The lowest BCUT2D eigenvalue weighted by Gasteiger charge is -2.34. The molecule has 0 radical (unpaired) electrons. The number of benzene rings is 2. The summed E-state index contributed by atoms with van der Waals surface area (Å²) in [5.74, 6) is 1.21. The first-order valence-electron chi connectivity index (χ1n) is 10.2. The van der Waals surface area contributed by atoms with E-state index in [1.54, 1.807) is 11.0 Å². The van der Waals surface area contributed by atoms with Gasteiger partial charge in [-0.25, -0.2) is 0 Å². The Morgan fingerprint density at radius 1 is 0.867 bits per heavy atom. The third kappa shape index (κ3) is 6.13. The average molecular weight is 431 g/mol. The van der Waals surface area contributed by atoms with Gasteiger partial charge < -0.3 is 19.3 Å². The first-order valence-corrected chi connectivity index (χ1v) is 10.6. The molecule has 0 unspecified atom stereocenters. The first kappa shape index (κ1) is 22.0. The fourth-order valence-electron chi connectivity index (χ4n) is 3.34. The minimum atomic E-state index is -0.0884. The summed E-state index contributed by atoms with van der Waals surface area (Å²) in [6.07, 6.45) is 1.13. The zero-order valence-electron chi connectivity index (χ0n) is 17.2. The monoisotopic (exact) mass is 430 g/mol. The Morgan fingerprint density at radius 3 is 2.03 bits per heavy atom. The van der Waals surface area contributed by atoms with Crippen molar-refractivity contribution in [2.75, 3.05) is 39.4 Å². The number of aryl methyl sites for hydroxylation is 1. The summed E-state index contributed by atoms with van der Waals surface area (Å²) in [5, 5.41) is 0.691. The Kier molecular flexibility index (Phi) is 7.97. The van der Waals surface area contributed by atoms with Crippen LogP contribution in [0.25, 0.3) is 0 Å². The van der Waals surface area contributed by atoms with Crippen molar-refractivity contribution in [3.05, 3.63) is 59.1 Å². The Morgan fingerprint density at radius 2 is 1.43 bits per heavy atom. The standard InChI is InChI=1S/C23H27ClN2O4/c1-2-29-20-5-3-4-6-21(20)30-17-23(28)26-15-13-25(14-16-26)22(27)12-9-18-7-10-19(24)11-8-18/h3-8,10-11H,2,9,12-17H2,1H3. The van der Waals surface area contributed by atoms with E-state index in [4.69, 9.17) is 21.1 Å². The third-order valence-electron chi connectivity index (χ3n) is 5.03. The van der Waals surface area contributed by atoms with Crippen LogP contribution in [0.15, 0.2) is 48.5 Å². The van der Waals surface area contributed by atoms with Crippen LogP contribution in [0.2, 0.25) is 5.02 Å². The molecule has 0 aliphatic carbocycles. The van der Waals surface area contributed by atoms with Crippen molar-refractivity contribution in [3.8, 4) is 11.5 Å².